The second kappa shape index (κ2) is 8.58. The molecule has 1 amide bonds. The van der Waals surface area contributed by atoms with Gasteiger partial charge >= 0.3 is 0 Å². The maximum Gasteiger partial charge on any atom is 0.220 e. The van der Waals surface area contributed by atoms with Crippen LogP contribution in [0.3, 0.4) is 0 Å². The SMILES string of the molecule is Cc1csc(SC2CCC(NC(=O)CCc3cnccn3)CC2)n1. The second-order valence-corrected chi connectivity index (χ2v) is 8.52. The summed E-state index contributed by atoms with van der Waals surface area (Å²) in [4.78, 5) is 24.8. The summed E-state index contributed by atoms with van der Waals surface area (Å²) in [6, 6.07) is 0.314. The number of carbonyl (C=O) groups excluding carboxylic acids is 1. The molecule has 2 heterocycles. The molecule has 0 radical (unpaired) electrons. The zero-order valence-electron chi connectivity index (χ0n) is 13.8. The van der Waals surface area contributed by atoms with Crippen LogP contribution in [-0.2, 0) is 11.2 Å². The van der Waals surface area contributed by atoms with Gasteiger partial charge in [0.15, 0.2) is 0 Å². The molecule has 3 rings (SSSR count). The van der Waals surface area contributed by atoms with Gasteiger partial charge in [-0.15, -0.1) is 11.3 Å². The number of nitrogens with zero attached hydrogens (tertiary/aromatic N) is 3. The fraction of sp³-hybridized carbons (Fsp3) is 0.529. The van der Waals surface area contributed by atoms with E-state index in [0.717, 1.165) is 37.1 Å². The molecule has 0 spiro atoms. The quantitative estimate of drug-likeness (QED) is 0.853. The number of aryl methyl sites for hydroxylation is 2. The van der Waals surface area contributed by atoms with Crippen LogP contribution in [0.2, 0.25) is 0 Å². The number of thioether (sulfide) groups is 1. The Bertz CT molecular complexity index is 654. The van der Waals surface area contributed by atoms with Crippen molar-refractivity contribution in [2.24, 2.45) is 0 Å². The van der Waals surface area contributed by atoms with Crippen LogP contribution in [0.1, 0.15) is 43.5 Å². The van der Waals surface area contributed by atoms with Crippen molar-refractivity contribution in [3.8, 4) is 0 Å². The zero-order chi connectivity index (χ0) is 16.8. The molecular weight excluding hydrogens is 340 g/mol. The van der Waals surface area contributed by atoms with Crippen molar-refractivity contribution in [1.29, 1.82) is 0 Å². The molecule has 0 aromatic carbocycles. The lowest BCUT2D eigenvalue weighted by Crippen LogP contribution is -2.38. The normalized spacial score (nSPS) is 20.7. The highest BCUT2D eigenvalue weighted by Gasteiger charge is 2.23. The fourth-order valence-electron chi connectivity index (χ4n) is 2.85. The molecule has 24 heavy (non-hydrogen) atoms. The van der Waals surface area contributed by atoms with Gasteiger partial charge in [0.2, 0.25) is 5.91 Å². The zero-order valence-corrected chi connectivity index (χ0v) is 15.4. The number of nitrogens with one attached hydrogen (secondary N) is 1. The standard InChI is InChI=1S/C17H22N4OS2/c1-12-11-23-17(20-12)24-15-5-2-13(3-6-15)21-16(22)7-4-14-10-18-8-9-19-14/h8-11,13,15H,2-7H2,1H3,(H,21,22). The van der Waals surface area contributed by atoms with E-state index in [4.69, 9.17) is 0 Å². The third-order valence-corrected chi connectivity index (χ3v) is 6.56. The van der Waals surface area contributed by atoms with Gasteiger partial charge in [-0.1, -0.05) is 11.8 Å². The van der Waals surface area contributed by atoms with E-state index in [1.165, 1.54) is 4.34 Å². The number of aromatic nitrogens is 3. The van der Waals surface area contributed by atoms with Gasteiger partial charge in [-0.3, -0.25) is 14.8 Å². The van der Waals surface area contributed by atoms with E-state index in [1.807, 2.05) is 18.7 Å². The molecule has 0 aliphatic heterocycles. The molecule has 1 aliphatic rings. The van der Waals surface area contributed by atoms with Crippen molar-refractivity contribution in [3.05, 3.63) is 35.4 Å². The summed E-state index contributed by atoms with van der Waals surface area (Å²) in [5, 5.41) is 5.90. The minimum Gasteiger partial charge on any atom is -0.353 e. The Balaban J connectivity index is 1.36. The molecule has 0 atom stereocenters. The van der Waals surface area contributed by atoms with Crippen LogP contribution >= 0.6 is 23.1 Å². The summed E-state index contributed by atoms with van der Waals surface area (Å²) in [6.45, 7) is 2.04. The largest absolute Gasteiger partial charge is 0.353 e. The molecule has 1 N–H and O–H groups in total. The second-order valence-electron chi connectivity index (χ2n) is 6.11. The summed E-state index contributed by atoms with van der Waals surface area (Å²) in [6.07, 6.45) is 10.5. The lowest BCUT2D eigenvalue weighted by Gasteiger charge is -2.28. The van der Waals surface area contributed by atoms with Gasteiger partial charge in [-0.25, -0.2) is 4.98 Å². The third kappa shape index (κ3) is 5.27. The Hall–Kier alpha value is -1.47. The summed E-state index contributed by atoms with van der Waals surface area (Å²) < 4.78 is 1.17. The average Bonchev–Trinajstić information content (AvgIpc) is 3.01. The van der Waals surface area contributed by atoms with E-state index in [-0.39, 0.29) is 5.91 Å². The lowest BCUT2D eigenvalue weighted by atomic mass is 9.95. The molecule has 0 bridgehead atoms. The Morgan fingerprint density at radius 1 is 1.33 bits per heavy atom. The fourth-order valence-corrected chi connectivity index (χ4v) is 5.14. The molecule has 1 fully saturated rings. The monoisotopic (exact) mass is 362 g/mol. The summed E-state index contributed by atoms with van der Waals surface area (Å²) in [5.41, 5.74) is 1.97. The van der Waals surface area contributed by atoms with E-state index in [2.05, 4.69) is 25.6 Å². The Morgan fingerprint density at radius 3 is 2.83 bits per heavy atom. The minimum absolute atomic E-state index is 0.118. The van der Waals surface area contributed by atoms with Gasteiger partial charge < -0.3 is 5.32 Å². The van der Waals surface area contributed by atoms with Gasteiger partial charge in [0.1, 0.15) is 4.34 Å². The first kappa shape index (κ1) is 17.4. The topological polar surface area (TPSA) is 67.8 Å². The molecule has 0 saturated heterocycles. The molecule has 7 heteroatoms. The third-order valence-electron chi connectivity index (χ3n) is 4.13. The van der Waals surface area contributed by atoms with Gasteiger partial charge in [0.05, 0.1) is 5.69 Å². The van der Waals surface area contributed by atoms with Gasteiger partial charge in [-0.05, 0) is 39.0 Å². The van der Waals surface area contributed by atoms with E-state index in [9.17, 15) is 4.79 Å². The smallest absolute Gasteiger partial charge is 0.220 e. The first-order valence-electron chi connectivity index (χ1n) is 8.32. The predicted octanol–water partition coefficient (Wildman–Crippen LogP) is 3.39. The van der Waals surface area contributed by atoms with Crippen molar-refractivity contribution in [3.63, 3.8) is 0 Å². The van der Waals surface area contributed by atoms with Gasteiger partial charge in [0, 0.05) is 47.4 Å². The first-order valence-corrected chi connectivity index (χ1v) is 10.1. The van der Waals surface area contributed by atoms with Crippen molar-refractivity contribution in [1.82, 2.24) is 20.3 Å². The lowest BCUT2D eigenvalue weighted by molar-refractivity contribution is -0.122. The van der Waals surface area contributed by atoms with Crippen molar-refractivity contribution in [2.75, 3.05) is 0 Å². The number of hydrogen-bond acceptors (Lipinski definition) is 6. The molecule has 5 nitrogen and oxygen atoms in total. The van der Waals surface area contributed by atoms with Crippen LogP contribution in [0, 0.1) is 6.92 Å². The van der Waals surface area contributed by atoms with Crippen molar-refractivity contribution in [2.45, 2.75) is 61.1 Å². The number of thiazole rings is 1. The van der Waals surface area contributed by atoms with Gasteiger partial charge in [-0.2, -0.15) is 0 Å². The molecule has 2 aromatic heterocycles. The predicted molar refractivity (Wildman–Crippen MR) is 97.2 cm³/mol. The Morgan fingerprint density at radius 2 is 2.17 bits per heavy atom. The first-order chi connectivity index (χ1) is 11.7. The number of hydrogen-bond donors (Lipinski definition) is 1. The number of rotatable bonds is 6. The van der Waals surface area contributed by atoms with E-state index in [0.29, 0.717) is 24.1 Å². The van der Waals surface area contributed by atoms with E-state index in [1.54, 1.807) is 29.9 Å². The van der Waals surface area contributed by atoms with Gasteiger partial charge in [0.25, 0.3) is 0 Å². The molecule has 1 aliphatic carbocycles. The van der Waals surface area contributed by atoms with Crippen LogP contribution in [-0.4, -0.2) is 32.2 Å². The van der Waals surface area contributed by atoms with Crippen LogP contribution < -0.4 is 5.32 Å². The number of carbonyl (C=O) groups is 1. The molecule has 1 saturated carbocycles. The summed E-state index contributed by atoms with van der Waals surface area (Å²) >= 11 is 3.62. The van der Waals surface area contributed by atoms with Crippen LogP contribution in [0.15, 0.2) is 28.3 Å². The highest BCUT2D eigenvalue weighted by atomic mass is 32.2. The van der Waals surface area contributed by atoms with Crippen molar-refractivity contribution >= 4 is 29.0 Å². The molecule has 2 aromatic rings. The molecular formula is C17H22N4OS2. The minimum atomic E-state index is 0.118. The average molecular weight is 363 g/mol. The van der Waals surface area contributed by atoms with Crippen LogP contribution in [0.5, 0.6) is 0 Å². The maximum atomic E-state index is 12.1. The van der Waals surface area contributed by atoms with E-state index < -0.39 is 0 Å². The van der Waals surface area contributed by atoms with Crippen LogP contribution in [0.4, 0.5) is 0 Å². The Labute approximate surface area is 150 Å². The maximum absolute atomic E-state index is 12.1. The van der Waals surface area contributed by atoms with Crippen LogP contribution in [0.25, 0.3) is 0 Å². The highest BCUT2D eigenvalue weighted by Crippen LogP contribution is 2.35. The van der Waals surface area contributed by atoms with E-state index >= 15 is 0 Å². The number of amides is 1. The molecule has 128 valence electrons. The summed E-state index contributed by atoms with van der Waals surface area (Å²) in [7, 11) is 0. The Kier molecular flexibility index (Phi) is 6.20. The molecule has 0 unspecified atom stereocenters. The highest BCUT2D eigenvalue weighted by molar-refractivity contribution is 8.01. The van der Waals surface area contributed by atoms with Crippen molar-refractivity contribution < 1.29 is 4.79 Å². The summed E-state index contributed by atoms with van der Waals surface area (Å²) in [5.74, 6) is 0.118.